The molecule has 0 radical (unpaired) electrons. The third-order valence-electron chi connectivity index (χ3n) is 1.46. The van der Waals surface area contributed by atoms with E-state index in [0.717, 1.165) is 13.1 Å². The van der Waals surface area contributed by atoms with Gasteiger partial charge < -0.3 is 5.32 Å². The van der Waals surface area contributed by atoms with Crippen molar-refractivity contribution in [1.82, 2.24) is 10.3 Å². The fourth-order valence-electron chi connectivity index (χ4n) is 1.08. The summed E-state index contributed by atoms with van der Waals surface area (Å²) in [5.74, 6) is 0. The molecular formula is C6H10Br2N2S. The Labute approximate surface area is 91.0 Å². The Morgan fingerprint density at radius 1 is 1.36 bits per heavy atom. The van der Waals surface area contributed by atoms with Crippen molar-refractivity contribution < 1.29 is 0 Å². The number of aryl methyl sites for hydroxylation is 1. The Hall–Kier alpha value is 0.550. The van der Waals surface area contributed by atoms with Crippen LogP contribution in [-0.4, -0.2) is 4.98 Å². The Morgan fingerprint density at radius 3 is 2.73 bits per heavy atom. The van der Waals surface area contributed by atoms with Crippen LogP contribution >= 0.6 is 45.3 Å². The Balaban J connectivity index is 0.000000500. The molecule has 0 spiro atoms. The molecule has 0 bridgehead atoms. The zero-order valence-corrected chi connectivity index (χ0v) is 10.3. The van der Waals surface area contributed by atoms with Crippen molar-refractivity contribution in [3.05, 3.63) is 15.6 Å². The van der Waals surface area contributed by atoms with E-state index in [1.54, 1.807) is 11.3 Å². The van der Waals surface area contributed by atoms with E-state index in [1.165, 1.54) is 15.6 Å². The van der Waals surface area contributed by atoms with Crippen LogP contribution in [0.3, 0.4) is 0 Å². The Kier molecular flexibility index (Phi) is 4.77. The van der Waals surface area contributed by atoms with E-state index >= 15 is 0 Å². The smallest absolute Gasteiger partial charge is 0.0901 e. The molecule has 0 fully saturated rings. The Bertz CT molecular complexity index is 215. The van der Waals surface area contributed by atoms with Gasteiger partial charge in [0, 0.05) is 18.0 Å². The van der Waals surface area contributed by atoms with Gasteiger partial charge >= 0.3 is 0 Å². The molecule has 0 aromatic carbocycles. The maximum absolute atomic E-state index is 4.35. The van der Waals surface area contributed by atoms with Gasteiger partial charge in [-0.15, -0.1) is 45.3 Å². The molecule has 0 saturated carbocycles. The summed E-state index contributed by atoms with van der Waals surface area (Å²) in [6.07, 6.45) is 0. The summed E-state index contributed by atoms with van der Waals surface area (Å²) in [5.41, 5.74) is 1.26. The summed E-state index contributed by atoms with van der Waals surface area (Å²) >= 11 is 1.80. The summed E-state index contributed by atoms with van der Waals surface area (Å²) in [5, 5.41) is 4.44. The van der Waals surface area contributed by atoms with Gasteiger partial charge in [-0.25, -0.2) is 4.98 Å². The molecule has 1 aromatic heterocycles. The summed E-state index contributed by atoms with van der Waals surface area (Å²) in [4.78, 5) is 5.77. The molecule has 2 nitrogen and oxygen atoms in total. The van der Waals surface area contributed by atoms with Crippen LogP contribution in [0, 0.1) is 6.92 Å². The first-order chi connectivity index (χ1) is 4.36. The highest BCUT2D eigenvalue weighted by atomic mass is 79.9. The van der Waals surface area contributed by atoms with E-state index in [2.05, 4.69) is 17.2 Å². The van der Waals surface area contributed by atoms with Gasteiger partial charge in [0.1, 0.15) is 0 Å². The number of halogens is 2. The molecule has 1 aromatic rings. The second kappa shape index (κ2) is 4.54. The minimum atomic E-state index is 0. The van der Waals surface area contributed by atoms with E-state index in [0.29, 0.717) is 0 Å². The minimum absolute atomic E-state index is 0. The highest BCUT2D eigenvalue weighted by Gasteiger charge is 2.13. The number of fused-ring (bicyclic) bond motifs is 1. The van der Waals surface area contributed by atoms with E-state index in [9.17, 15) is 0 Å². The van der Waals surface area contributed by atoms with Crippen molar-refractivity contribution in [2.75, 3.05) is 0 Å². The zero-order chi connectivity index (χ0) is 6.27. The quantitative estimate of drug-likeness (QED) is 0.795. The maximum atomic E-state index is 4.35. The largest absolute Gasteiger partial charge is 0.306 e. The van der Waals surface area contributed by atoms with Crippen LogP contribution in [0.1, 0.15) is 15.6 Å². The lowest BCUT2D eigenvalue weighted by atomic mass is 10.4. The number of hydrogen-bond acceptors (Lipinski definition) is 3. The van der Waals surface area contributed by atoms with Crippen LogP contribution in [0.4, 0.5) is 0 Å². The van der Waals surface area contributed by atoms with Gasteiger partial charge in [0.25, 0.3) is 0 Å². The number of thiazole rings is 1. The van der Waals surface area contributed by atoms with Crippen molar-refractivity contribution in [2.24, 2.45) is 0 Å². The molecule has 5 heteroatoms. The summed E-state index contributed by atoms with van der Waals surface area (Å²) in [6.45, 7) is 4.06. The molecule has 2 heterocycles. The first-order valence-electron chi connectivity index (χ1n) is 3.02. The van der Waals surface area contributed by atoms with Gasteiger partial charge in [0.15, 0.2) is 0 Å². The van der Waals surface area contributed by atoms with Crippen molar-refractivity contribution in [3.8, 4) is 0 Å². The topological polar surface area (TPSA) is 24.9 Å². The van der Waals surface area contributed by atoms with Crippen molar-refractivity contribution >= 4 is 45.3 Å². The SMILES string of the molecule is Br.Br.Cc1nc2c(s1)CNC2. The lowest BCUT2D eigenvalue weighted by Gasteiger charge is -1.84. The van der Waals surface area contributed by atoms with Gasteiger partial charge in [0.05, 0.1) is 10.7 Å². The predicted octanol–water partition coefficient (Wildman–Crippen LogP) is 2.21. The zero-order valence-electron chi connectivity index (χ0n) is 6.09. The molecule has 0 amide bonds. The first kappa shape index (κ1) is 11.6. The molecule has 1 aliphatic heterocycles. The third-order valence-corrected chi connectivity index (χ3v) is 2.48. The number of nitrogens with one attached hydrogen (secondary N) is 1. The molecule has 0 unspecified atom stereocenters. The van der Waals surface area contributed by atoms with Crippen molar-refractivity contribution in [3.63, 3.8) is 0 Å². The van der Waals surface area contributed by atoms with E-state index in [1.807, 2.05) is 0 Å². The van der Waals surface area contributed by atoms with Gasteiger partial charge in [-0.3, -0.25) is 0 Å². The molecule has 0 aliphatic carbocycles. The average molecular weight is 302 g/mol. The van der Waals surface area contributed by atoms with Crippen molar-refractivity contribution in [2.45, 2.75) is 20.0 Å². The first-order valence-corrected chi connectivity index (χ1v) is 3.84. The third kappa shape index (κ3) is 2.24. The molecular weight excluding hydrogens is 292 g/mol. The van der Waals surface area contributed by atoms with Gasteiger partial charge in [0.2, 0.25) is 0 Å². The summed E-state index contributed by atoms with van der Waals surface area (Å²) in [7, 11) is 0. The highest BCUT2D eigenvalue weighted by Crippen LogP contribution is 2.21. The summed E-state index contributed by atoms with van der Waals surface area (Å²) in [6, 6.07) is 0. The van der Waals surface area contributed by atoms with Crippen LogP contribution < -0.4 is 5.32 Å². The van der Waals surface area contributed by atoms with Gasteiger partial charge in [-0.1, -0.05) is 0 Å². The van der Waals surface area contributed by atoms with Crippen molar-refractivity contribution in [1.29, 1.82) is 0 Å². The monoisotopic (exact) mass is 300 g/mol. The molecule has 0 atom stereocenters. The minimum Gasteiger partial charge on any atom is -0.306 e. The lowest BCUT2D eigenvalue weighted by molar-refractivity contribution is 0.757. The molecule has 11 heavy (non-hydrogen) atoms. The molecule has 1 aliphatic rings. The average Bonchev–Trinajstić information content (AvgIpc) is 2.22. The van der Waals surface area contributed by atoms with Gasteiger partial charge in [-0.2, -0.15) is 0 Å². The molecule has 2 rings (SSSR count). The Morgan fingerprint density at radius 2 is 2.09 bits per heavy atom. The fourth-order valence-corrected chi connectivity index (χ4v) is 2.01. The molecule has 64 valence electrons. The number of aromatic nitrogens is 1. The van der Waals surface area contributed by atoms with E-state index in [4.69, 9.17) is 0 Å². The van der Waals surface area contributed by atoms with E-state index < -0.39 is 0 Å². The predicted molar refractivity (Wildman–Crippen MR) is 58.0 cm³/mol. The van der Waals surface area contributed by atoms with Crippen LogP contribution in [-0.2, 0) is 13.1 Å². The van der Waals surface area contributed by atoms with Crippen LogP contribution in [0.5, 0.6) is 0 Å². The fraction of sp³-hybridized carbons (Fsp3) is 0.500. The number of rotatable bonds is 0. The maximum Gasteiger partial charge on any atom is 0.0901 e. The van der Waals surface area contributed by atoms with Crippen LogP contribution in [0.2, 0.25) is 0 Å². The summed E-state index contributed by atoms with van der Waals surface area (Å²) < 4.78 is 0. The normalized spacial score (nSPS) is 13.2. The second-order valence-electron chi connectivity index (χ2n) is 2.21. The van der Waals surface area contributed by atoms with E-state index in [-0.39, 0.29) is 34.0 Å². The number of hydrogen-bond donors (Lipinski definition) is 1. The lowest BCUT2D eigenvalue weighted by Crippen LogP contribution is -2.01. The van der Waals surface area contributed by atoms with Gasteiger partial charge in [-0.05, 0) is 6.92 Å². The standard InChI is InChI=1S/C6H8N2S.2BrH/c1-4-8-5-2-7-3-6(5)9-4;;/h7H,2-3H2,1H3;2*1H. The molecule has 1 N–H and O–H groups in total. The second-order valence-corrected chi connectivity index (χ2v) is 3.49. The van der Waals surface area contributed by atoms with Crippen LogP contribution in [0.25, 0.3) is 0 Å². The number of nitrogens with zero attached hydrogens (tertiary/aromatic N) is 1. The molecule has 0 saturated heterocycles. The highest BCUT2D eigenvalue weighted by molar-refractivity contribution is 8.93. The van der Waals surface area contributed by atoms with Crippen LogP contribution in [0.15, 0.2) is 0 Å².